The molecule has 0 aliphatic carbocycles. The van der Waals surface area contributed by atoms with Crippen LogP contribution in [0.2, 0.25) is 0 Å². The number of hydrogen-bond donors (Lipinski definition) is 2. The summed E-state index contributed by atoms with van der Waals surface area (Å²) in [6, 6.07) is 14.1. The van der Waals surface area contributed by atoms with Crippen molar-refractivity contribution in [2.75, 3.05) is 13.1 Å². The molecule has 5 nitrogen and oxygen atoms in total. The largest absolute Gasteiger partial charge is 0.369 e. The summed E-state index contributed by atoms with van der Waals surface area (Å²) in [6.07, 6.45) is 1.80. The van der Waals surface area contributed by atoms with Crippen LogP contribution < -0.4 is 5.73 Å². The van der Waals surface area contributed by atoms with Crippen LogP contribution in [0.1, 0.15) is 18.5 Å². The average molecular weight is 311 g/mol. The highest BCUT2D eigenvalue weighted by atomic mass is 16.2. The SMILES string of the molecule is NC(=O)C1CCN(C(=O)CCc2ccc(-c3ccccc3)[nH]2)C1. The summed E-state index contributed by atoms with van der Waals surface area (Å²) in [7, 11) is 0. The van der Waals surface area contributed by atoms with Gasteiger partial charge in [-0.2, -0.15) is 0 Å². The van der Waals surface area contributed by atoms with Crippen molar-refractivity contribution in [3.8, 4) is 11.3 Å². The molecule has 2 aromatic rings. The maximum atomic E-state index is 12.2. The molecule has 23 heavy (non-hydrogen) atoms. The predicted octanol–water partition coefficient (Wildman–Crippen LogP) is 1.95. The number of amides is 2. The number of nitrogens with one attached hydrogen (secondary N) is 1. The quantitative estimate of drug-likeness (QED) is 0.885. The second-order valence-corrected chi connectivity index (χ2v) is 5.99. The van der Waals surface area contributed by atoms with E-state index in [0.717, 1.165) is 17.0 Å². The number of hydrogen-bond acceptors (Lipinski definition) is 2. The summed E-state index contributed by atoms with van der Waals surface area (Å²) < 4.78 is 0. The number of carbonyl (C=O) groups excluding carboxylic acids is 2. The van der Waals surface area contributed by atoms with E-state index in [1.54, 1.807) is 4.90 Å². The number of carbonyl (C=O) groups is 2. The Labute approximate surface area is 135 Å². The van der Waals surface area contributed by atoms with Crippen LogP contribution in [0.4, 0.5) is 0 Å². The summed E-state index contributed by atoms with van der Waals surface area (Å²) in [5, 5.41) is 0. The number of benzene rings is 1. The van der Waals surface area contributed by atoms with E-state index in [1.165, 1.54) is 0 Å². The highest BCUT2D eigenvalue weighted by Gasteiger charge is 2.29. The Hall–Kier alpha value is -2.56. The second-order valence-electron chi connectivity index (χ2n) is 5.99. The highest BCUT2D eigenvalue weighted by molar-refractivity contribution is 5.81. The molecule has 0 saturated carbocycles. The van der Waals surface area contributed by atoms with Crippen molar-refractivity contribution >= 4 is 11.8 Å². The van der Waals surface area contributed by atoms with Gasteiger partial charge in [0.2, 0.25) is 11.8 Å². The van der Waals surface area contributed by atoms with Gasteiger partial charge in [-0.05, 0) is 30.5 Å². The van der Waals surface area contributed by atoms with Crippen LogP contribution in [-0.2, 0) is 16.0 Å². The Morgan fingerprint density at radius 2 is 1.96 bits per heavy atom. The normalized spacial score (nSPS) is 17.4. The summed E-state index contributed by atoms with van der Waals surface area (Å²) in [5.74, 6) is -0.407. The molecular weight excluding hydrogens is 290 g/mol. The zero-order valence-corrected chi connectivity index (χ0v) is 13.0. The summed E-state index contributed by atoms with van der Waals surface area (Å²) in [4.78, 5) is 28.5. The molecule has 1 aromatic carbocycles. The number of aromatic amines is 1. The minimum Gasteiger partial charge on any atom is -0.369 e. The number of primary amides is 1. The van der Waals surface area contributed by atoms with Crippen molar-refractivity contribution in [2.24, 2.45) is 11.7 Å². The number of rotatable bonds is 5. The van der Waals surface area contributed by atoms with E-state index < -0.39 is 0 Å². The van der Waals surface area contributed by atoms with Gasteiger partial charge in [-0.1, -0.05) is 30.3 Å². The van der Waals surface area contributed by atoms with Crippen molar-refractivity contribution < 1.29 is 9.59 Å². The molecule has 1 aliphatic heterocycles. The first kappa shape index (κ1) is 15.3. The molecule has 3 rings (SSSR count). The number of H-pyrrole nitrogens is 1. The summed E-state index contributed by atoms with van der Waals surface area (Å²) in [5.41, 5.74) is 8.54. The van der Waals surface area contributed by atoms with E-state index in [2.05, 4.69) is 17.1 Å². The Morgan fingerprint density at radius 3 is 2.65 bits per heavy atom. The Bertz CT molecular complexity index is 693. The van der Waals surface area contributed by atoms with Crippen molar-refractivity contribution in [2.45, 2.75) is 19.3 Å². The second kappa shape index (κ2) is 6.69. The van der Waals surface area contributed by atoms with Gasteiger partial charge in [0.05, 0.1) is 5.92 Å². The Kier molecular flexibility index (Phi) is 4.46. The van der Waals surface area contributed by atoms with Crippen LogP contribution in [0.15, 0.2) is 42.5 Å². The number of aromatic nitrogens is 1. The first-order valence-corrected chi connectivity index (χ1v) is 7.94. The summed E-state index contributed by atoms with van der Waals surface area (Å²) >= 11 is 0. The zero-order valence-electron chi connectivity index (χ0n) is 13.0. The minimum atomic E-state index is -0.308. The average Bonchev–Trinajstić information content (AvgIpc) is 3.23. The van der Waals surface area contributed by atoms with Gasteiger partial charge in [0, 0.05) is 30.9 Å². The molecule has 120 valence electrons. The predicted molar refractivity (Wildman–Crippen MR) is 88.4 cm³/mol. The van der Waals surface area contributed by atoms with Gasteiger partial charge in [-0.15, -0.1) is 0 Å². The van der Waals surface area contributed by atoms with Gasteiger partial charge in [-0.25, -0.2) is 0 Å². The Balaban J connectivity index is 1.54. The lowest BCUT2D eigenvalue weighted by Crippen LogP contribution is -2.31. The van der Waals surface area contributed by atoms with Gasteiger partial charge in [-0.3, -0.25) is 9.59 Å². The van der Waals surface area contributed by atoms with Gasteiger partial charge >= 0.3 is 0 Å². The molecule has 0 radical (unpaired) electrons. The standard InChI is InChI=1S/C18H21N3O2/c19-18(23)14-10-11-21(12-14)17(22)9-7-15-6-8-16(20-15)13-4-2-1-3-5-13/h1-6,8,14,20H,7,9-12H2,(H2,19,23). The third-order valence-electron chi connectivity index (χ3n) is 4.38. The van der Waals surface area contributed by atoms with Crippen LogP contribution in [0.3, 0.4) is 0 Å². The number of aryl methyl sites for hydroxylation is 1. The molecule has 0 bridgehead atoms. The van der Waals surface area contributed by atoms with E-state index >= 15 is 0 Å². The lowest BCUT2D eigenvalue weighted by atomic mass is 10.1. The Morgan fingerprint density at radius 1 is 1.17 bits per heavy atom. The molecule has 1 unspecified atom stereocenters. The van der Waals surface area contributed by atoms with Crippen LogP contribution in [0, 0.1) is 5.92 Å². The van der Waals surface area contributed by atoms with Crippen LogP contribution in [0.5, 0.6) is 0 Å². The molecule has 1 aromatic heterocycles. The summed E-state index contributed by atoms with van der Waals surface area (Å²) in [6.45, 7) is 1.10. The molecule has 3 N–H and O–H groups in total. The van der Waals surface area contributed by atoms with Gasteiger partial charge in [0.15, 0.2) is 0 Å². The maximum Gasteiger partial charge on any atom is 0.222 e. The fourth-order valence-corrected chi connectivity index (χ4v) is 2.99. The maximum absolute atomic E-state index is 12.2. The monoisotopic (exact) mass is 311 g/mol. The lowest BCUT2D eigenvalue weighted by Gasteiger charge is -2.15. The molecular formula is C18H21N3O2. The molecule has 5 heteroatoms. The first-order valence-electron chi connectivity index (χ1n) is 7.94. The van der Waals surface area contributed by atoms with Crippen LogP contribution >= 0.6 is 0 Å². The molecule has 1 aliphatic rings. The van der Waals surface area contributed by atoms with Crippen LogP contribution in [-0.4, -0.2) is 34.8 Å². The third-order valence-corrected chi connectivity index (χ3v) is 4.38. The number of likely N-dealkylation sites (tertiary alicyclic amines) is 1. The number of nitrogens with two attached hydrogens (primary N) is 1. The molecule has 1 atom stereocenters. The molecule has 2 heterocycles. The van der Waals surface area contributed by atoms with Crippen molar-refractivity contribution in [1.29, 1.82) is 0 Å². The van der Waals surface area contributed by atoms with E-state index in [4.69, 9.17) is 5.73 Å². The van der Waals surface area contributed by atoms with Gasteiger partial charge in [0.1, 0.15) is 0 Å². The van der Waals surface area contributed by atoms with E-state index in [1.807, 2.05) is 30.3 Å². The highest BCUT2D eigenvalue weighted by Crippen LogP contribution is 2.20. The van der Waals surface area contributed by atoms with E-state index in [9.17, 15) is 9.59 Å². The lowest BCUT2D eigenvalue weighted by molar-refractivity contribution is -0.130. The smallest absolute Gasteiger partial charge is 0.222 e. The fraction of sp³-hybridized carbons (Fsp3) is 0.333. The molecule has 0 spiro atoms. The van der Waals surface area contributed by atoms with Gasteiger partial charge in [0.25, 0.3) is 0 Å². The van der Waals surface area contributed by atoms with Crippen molar-refractivity contribution in [3.05, 3.63) is 48.2 Å². The topological polar surface area (TPSA) is 79.2 Å². The van der Waals surface area contributed by atoms with Crippen molar-refractivity contribution in [3.63, 3.8) is 0 Å². The first-order chi connectivity index (χ1) is 11.1. The van der Waals surface area contributed by atoms with Gasteiger partial charge < -0.3 is 15.6 Å². The van der Waals surface area contributed by atoms with Crippen molar-refractivity contribution in [1.82, 2.24) is 9.88 Å². The molecule has 1 saturated heterocycles. The third kappa shape index (κ3) is 3.62. The van der Waals surface area contributed by atoms with Crippen LogP contribution in [0.25, 0.3) is 11.3 Å². The fourth-order valence-electron chi connectivity index (χ4n) is 2.99. The van der Waals surface area contributed by atoms with E-state index in [0.29, 0.717) is 32.4 Å². The molecule has 2 amide bonds. The number of nitrogens with zero attached hydrogens (tertiary/aromatic N) is 1. The minimum absolute atomic E-state index is 0.0876. The molecule has 1 fully saturated rings. The zero-order chi connectivity index (χ0) is 16.2. The van der Waals surface area contributed by atoms with E-state index in [-0.39, 0.29) is 17.7 Å².